The molecule has 1 amide bonds. The lowest BCUT2D eigenvalue weighted by Crippen LogP contribution is -2.56. The van der Waals surface area contributed by atoms with Gasteiger partial charge in [-0.1, -0.05) is 42.4 Å². The van der Waals surface area contributed by atoms with Gasteiger partial charge in [0.25, 0.3) is 5.91 Å². The normalized spacial score (nSPS) is 19.2. The molecule has 0 N–H and O–H groups in total. The Bertz CT molecular complexity index is 2020. The number of benzene rings is 2. The van der Waals surface area contributed by atoms with Crippen LogP contribution in [0.15, 0.2) is 61.3 Å². The molecule has 50 heavy (non-hydrogen) atoms. The molecule has 3 aliphatic heterocycles. The Labute approximate surface area is 297 Å². The lowest BCUT2D eigenvalue weighted by atomic mass is 10.0. The number of hydrogen-bond donors (Lipinski definition) is 0. The van der Waals surface area contributed by atoms with Crippen LogP contribution >= 0.6 is 11.6 Å². The molecule has 0 spiro atoms. The first-order valence-corrected chi connectivity index (χ1v) is 17.4. The van der Waals surface area contributed by atoms with Crippen molar-refractivity contribution in [1.29, 1.82) is 10.5 Å². The van der Waals surface area contributed by atoms with Crippen LogP contribution in [0.5, 0.6) is 6.01 Å². The molecule has 5 heterocycles. The molecule has 0 aliphatic carbocycles. The average Bonchev–Trinajstić information content (AvgIpc) is 3.57. The minimum absolute atomic E-state index is 0.154. The van der Waals surface area contributed by atoms with Crippen LogP contribution in [-0.4, -0.2) is 89.1 Å². The van der Waals surface area contributed by atoms with Crippen molar-refractivity contribution in [3.63, 3.8) is 0 Å². The summed E-state index contributed by atoms with van der Waals surface area (Å²) in [7, 11) is 2.12. The molecule has 7 rings (SSSR count). The van der Waals surface area contributed by atoms with E-state index in [0.717, 1.165) is 59.5 Å². The minimum Gasteiger partial charge on any atom is -0.462 e. The van der Waals surface area contributed by atoms with Crippen LogP contribution in [0, 0.1) is 22.7 Å². The number of carbonyl (C=O) groups is 1. The van der Waals surface area contributed by atoms with Crippen molar-refractivity contribution in [3.8, 4) is 18.1 Å². The number of nitrogens with zero attached hydrogens (tertiary/aromatic N) is 9. The molecule has 2 aromatic heterocycles. The van der Waals surface area contributed by atoms with Crippen molar-refractivity contribution >= 4 is 45.4 Å². The van der Waals surface area contributed by atoms with Gasteiger partial charge in [0.1, 0.15) is 24.2 Å². The number of aromatic nitrogens is 3. The molecule has 0 bridgehead atoms. The zero-order chi connectivity index (χ0) is 34.8. The SMILES string of the molecule is C=C(C(=O)N1CCN(c2nc(OC[C@@H]3CCCN3C)nc3c2CCN(c2cccc4cccc(Cl)c24)C3)C[C@@H]1CC#N)c1ccc(C#N)nc1. The summed E-state index contributed by atoms with van der Waals surface area (Å²) in [6.07, 6.45) is 4.56. The van der Waals surface area contributed by atoms with Crippen molar-refractivity contribution in [2.45, 2.75) is 44.3 Å². The quantitative estimate of drug-likeness (QED) is 0.227. The van der Waals surface area contributed by atoms with Gasteiger partial charge in [-0.15, -0.1) is 0 Å². The van der Waals surface area contributed by atoms with Gasteiger partial charge in [-0.25, -0.2) is 4.98 Å². The first kappa shape index (κ1) is 33.3. The molecule has 2 atom stereocenters. The molecular weight excluding hydrogens is 650 g/mol. The highest BCUT2D eigenvalue weighted by Gasteiger charge is 2.35. The molecule has 2 saturated heterocycles. The van der Waals surface area contributed by atoms with Gasteiger partial charge in [0.2, 0.25) is 0 Å². The van der Waals surface area contributed by atoms with Gasteiger partial charge in [0, 0.05) is 66.2 Å². The summed E-state index contributed by atoms with van der Waals surface area (Å²) < 4.78 is 6.33. The lowest BCUT2D eigenvalue weighted by Gasteiger charge is -2.42. The number of fused-ring (bicyclic) bond motifs is 2. The summed E-state index contributed by atoms with van der Waals surface area (Å²) in [5, 5.41) is 21.8. The molecule has 254 valence electrons. The number of likely N-dealkylation sites (N-methyl/N-ethyl adjacent to an activating group) is 1. The fourth-order valence-corrected chi connectivity index (χ4v) is 7.63. The fraction of sp³-hybridized carbons (Fsp3) is 0.368. The fourth-order valence-electron chi connectivity index (χ4n) is 7.35. The number of halogens is 1. The Morgan fingerprint density at radius 2 is 1.88 bits per heavy atom. The van der Waals surface area contributed by atoms with Gasteiger partial charge in [0.15, 0.2) is 0 Å². The monoisotopic (exact) mass is 687 g/mol. The Balaban J connectivity index is 1.18. The second-order valence-corrected chi connectivity index (χ2v) is 13.5. The lowest BCUT2D eigenvalue weighted by molar-refractivity contribution is -0.127. The van der Waals surface area contributed by atoms with Gasteiger partial charge in [0.05, 0.1) is 35.8 Å². The molecule has 3 aliphatic rings. The Morgan fingerprint density at radius 1 is 1.04 bits per heavy atom. The van der Waals surface area contributed by atoms with Crippen molar-refractivity contribution in [2.75, 3.05) is 56.2 Å². The standard InChI is InChI=1S/C38H38ClN9O2/c1-25(27-11-12-28(20-41)42-21-27)37(49)48-19-18-47(22-29(48)13-15-40)36-31-14-17-46(34-10-4-7-26-6-3-9-32(39)35(26)34)23-33(31)43-38(44-36)50-24-30-8-5-16-45(30)2/h3-4,6-7,9-12,21,29-30H,1,5,8,13-14,16-19,22-24H2,2H3/t29-,30-/m0/s1. The van der Waals surface area contributed by atoms with Crippen LogP contribution in [0.4, 0.5) is 11.5 Å². The summed E-state index contributed by atoms with van der Waals surface area (Å²) in [5.41, 5.74) is 4.11. The van der Waals surface area contributed by atoms with Crippen molar-refractivity contribution < 1.29 is 9.53 Å². The van der Waals surface area contributed by atoms with Crippen molar-refractivity contribution in [3.05, 3.63) is 88.8 Å². The van der Waals surface area contributed by atoms with E-state index in [-0.39, 0.29) is 29.6 Å². The number of ether oxygens (including phenoxy) is 1. The predicted molar refractivity (Wildman–Crippen MR) is 193 cm³/mol. The van der Waals surface area contributed by atoms with Gasteiger partial charge in [-0.2, -0.15) is 20.5 Å². The number of amides is 1. The molecule has 12 heteroatoms. The zero-order valence-electron chi connectivity index (χ0n) is 28.1. The first-order valence-electron chi connectivity index (χ1n) is 17.0. The number of rotatable bonds is 8. The van der Waals surface area contributed by atoms with Crippen LogP contribution in [-0.2, 0) is 17.8 Å². The van der Waals surface area contributed by atoms with E-state index in [2.05, 4.69) is 63.6 Å². The maximum atomic E-state index is 13.7. The van der Waals surface area contributed by atoms with E-state index in [1.54, 1.807) is 17.0 Å². The Kier molecular flexibility index (Phi) is 9.53. The molecular formula is C38H38ClN9O2. The molecule has 4 aromatic rings. The second kappa shape index (κ2) is 14.3. The molecule has 2 aromatic carbocycles. The van der Waals surface area contributed by atoms with Crippen LogP contribution in [0.3, 0.4) is 0 Å². The Hall–Kier alpha value is -5.23. The number of hydrogen-bond acceptors (Lipinski definition) is 10. The molecule has 0 radical (unpaired) electrons. The zero-order valence-corrected chi connectivity index (χ0v) is 28.8. The first-order chi connectivity index (χ1) is 24.3. The molecule has 0 unspecified atom stereocenters. The predicted octanol–water partition coefficient (Wildman–Crippen LogP) is 5.23. The van der Waals surface area contributed by atoms with Crippen LogP contribution in [0.1, 0.15) is 41.8 Å². The maximum absolute atomic E-state index is 13.7. The van der Waals surface area contributed by atoms with Gasteiger partial charge in [-0.3, -0.25) is 4.79 Å². The Morgan fingerprint density at radius 3 is 2.62 bits per heavy atom. The third kappa shape index (κ3) is 6.55. The molecule has 11 nitrogen and oxygen atoms in total. The maximum Gasteiger partial charge on any atom is 0.318 e. The highest BCUT2D eigenvalue weighted by atomic mass is 35.5. The van der Waals surface area contributed by atoms with E-state index in [9.17, 15) is 10.1 Å². The number of pyridine rings is 1. The highest BCUT2D eigenvalue weighted by Crippen LogP contribution is 2.37. The van der Waals surface area contributed by atoms with E-state index < -0.39 is 0 Å². The topological polar surface area (TPSA) is 126 Å². The average molecular weight is 688 g/mol. The smallest absolute Gasteiger partial charge is 0.318 e. The largest absolute Gasteiger partial charge is 0.462 e. The van der Waals surface area contributed by atoms with E-state index in [1.165, 1.54) is 6.20 Å². The van der Waals surface area contributed by atoms with E-state index >= 15 is 0 Å². The summed E-state index contributed by atoms with van der Waals surface area (Å²) >= 11 is 6.73. The van der Waals surface area contributed by atoms with Gasteiger partial charge < -0.3 is 24.3 Å². The summed E-state index contributed by atoms with van der Waals surface area (Å²) in [5.74, 6) is 0.542. The third-order valence-electron chi connectivity index (χ3n) is 10.1. The van der Waals surface area contributed by atoms with E-state index in [1.807, 2.05) is 18.2 Å². The van der Waals surface area contributed by atoms with Gasteiger partial charge in [-0.05, 0) is 62.5 Å². The van der Waals surface area contributed by atoms with E-state index in [4.69, 9.17) is 31.6 Å². The number of nitriles is 2. The minimum atomic E-state index is -0.385. The number of likely N-dealkylation sites (tertiary alicyclic amines) is 1. The van der Waals surface area contributed by atoms with Crippen LogP contribution < -0.4 is 14.5 Å². The third-order valence-corrected chi connectivity index (χ3v) is 10.4. The highest BCUT2D eigenvalue weighted by molar-refractivity contribution is 6.36. The molecule has 2 fully saturated rings. The number of anilines is 2. The van der Waals surface area contributed by atoms with Gasteiger partial charge >= 0.3 is 6.01 Å². The van der Waals surface area contributed by atoms with Crippen LogP contribution in [0.25, 0.3) is 16.3 Å². The summed E-state index contributed by atoms with van der Waals surface area (Å²) in [6.45, 7) is 8.24. The second-order valence-electron chi connectivity index (χ2n) is 13.1. The summed E-state index contributed by atoms with van der Waals surface area (Å²) in [6, 6.07) is 20.0. The van der Waals surface area contributed by atoms with Crippen molar-refractivity contribution in [2.24, 2.45) is 0 Å². The molecule has 0 saturated carbocycles. The number of piperazine rings is 1. The number of carbonyl (C=O) groups excluding carboxylic acids is 1. The van der Waals surface area contributed by atoms with Crippen molar-refractivity contribution in [1.82, 2.24) is 24.8 Å². The van der Waals surface area contributed by atoms with E-state index in [0.29, 0.717) is 61.8 Å². The summed E-state index contributed by atoms with van der Waals surface area (Å²) in [4.78, 5) is 36.4. The van der Waals surface area contributed by atoms with Crippen LogP contribution in [0.2, 0.25) is 5.02 Å².